The first-order chi connectivity index (χ1) is 17.5. The fourth-order valence-electron chi connectivity index (χ4n) is 4.03. The van der Waals surface area contributed by atoms with Crippen LogP contribution in [0.4, 0.5) is 36.8 Å². The Balaban J connectivity index is 1.76. The zero-order chi connectivity index (χ0) is 28.5. The highest BCUT2D eigenvalue weighted by atomic mass is 19.4. The predicted molar refractivity (Wildman–Crippen MR) is 123 cm³/mol. The van der Waals surface area contributed by atoms with Gasteiger partial charge in [0.05, 0.1) is 23.7 Å². The van der Waals surface area contributed by atoms with Gasteiger partial charge in [-0.05, 0) is 35.9 Å². The van der Waals surface area contributed by atoms with Crippen LogP contribution in [0.5, 0.6) is 5.75 Å². The Labute approximate surface area is 214 Å². The molecule has 206 valence electrons. The van der Waals surface area contributed by atoms with Gasteiger partial charge in [0.2, 0.25) is 6.23 Å². The van der Waals surface area contributed by atoms with Crippen LogP contribution in [0.25, 0.3) is 0 Å². The first kappa shape index (κ1) is 28.9. The van der Waals surface area contributed by atoms with Crippen LogP contribution in [0.3, 0.4) is 0 Å². The van der Waals surface area contributed by atoms with Crippen LogP contribution >= 0.6 is 0 Å². The molecule has 0 aliphatic carbocycles. The lowest BCUT2D eigenvalue weighted by molar-refractivity contribution is -0.215. The fraction of sp³-hybridized carbons (Fsp3) is 0.440. The maximum Gasteiger partial charge on any atom is 0.433 e. The van der Waals surface area contributed by atoms with Crippen molar-refractivity contribution >= 4 is 11.8 Å². The monoisotopic (exact) mass is 545 g/mol. The molecule has 0 saturated carbocycles. The Kier molecular flexibility index (Phi) is 8.07. The van der Waals surface area contributed by atoms with Gasteiger partial charge in [-0.25, -0.2) is 4.79 Å². The van der Waals surface area contributed by atoms with Gasteiger partial charge in [0, 0.05) is 11.1 Å². The average molecular weight is 545 g/mol. The van der Waals surface area contributed by atoms with Crippen molar-refractivity contribution in [2.24, 2.45) is 11.1 Å². The zero-order valence-corrected chi connectivity index (χ0v) is 20.6. The molecular weight excluding hydrogens is 520 g/mol. The summed E-state index contributed by atoms with van der Waals surface area (Å²) in [5.41, 5.74) is 2.85. The van der Waals surface area contributed by atoms with Gasteiger partial charge in [-0.2, -0.15) is 31.6 Å². The van der Waals surface area contributed by atoms with Crippen LogP contribution in [0, 0.1) is 16.7 Å². The minimum Gasteiger partial charge on any atom is -0.491 e. The van der Waals surface area contributed by atoms with Gasteiger partial charge in [0.15, 0.2) is 0 Å². The van der Waals surface area contributed by atoms with Gasteiger partial charge < -0.3 is 24.8 Å². The summed E-state index contributed by atoms with van der Waals surface area (Å²) < 4.78 is 97.0. The Morgan fingerprint density at radius 1 is 1.13 bits per heavy atom. The van der Waals surface area contributed by atoms with E-state index in [4.69, 9.17) is 25.2 Å². The molecule has 38 heavy (non-hydrogen) atoms. The van der Waals surface area contributed by atoms with E-state index in [2.05, 4.69) is 0 Å². The van der Waals surface area contributed by atoms with E-state index in [1.165, 1.54) is 18.2 Å². The molecule has 3 rings (SSSR count). The molecule has 1 fully saturated rings. The van der Waals surface area contributed by atoms with Crippen LogP contribution in [0.15, 0.2) is 42.5 Å². The molecule has 1 saturated heterocycles. The van der Waals surface area contributed by atoms with E-state index in [0.717, 1.165) is 12.1 Å². The fourth-order valence-corrected chi connectivity index (χ4v) is 4.03. The first-order valence-electron chi connectivity index (χ1n) is 11.3. The summed E-state index contributed by atoms with van der Waals surface area (Å²) in [6.45, 7) is 4.79. The molecule has 0 aromatic heterocycles. The average Bonchev–Trinajstić information content (AvgIpc) is 3.25. The number of ether oxygens (including phenoxy) is 3. The van der Waals surface area contributed by atoms with Gasteiger partial charge in [-0.3, -0.25) is 0 Å². The number of carbonyl (C=O) groups is 1. The number of primary amides is 1. The van der Waals surface area contributed by atoms with E-state index in [1.807, 2.05) is 20.8 Å². The summed E-state index contributed by atoms with van der Waals surface area (Å²) in [7, 11) is 0. The van der Waals surface area contributed by atoms with Gasteiger partial charge in [-0.15, -0.1) is 0 Å². The summed E-state index contributed by atoms with van der Waals surface area (Å²) in [4.78, 5) is 11.9. The van der Waals surface area contributed by atoms with Crippen molar-refractivity contribution in [1.29, 1.82) is 5.26 Å². The summed E-state index contributed by atoms with van der Waals surface area (Å²) in [6, 6.07) is 10.0. The number of hydrogen-bond donors (Lipinski definition) is 1. The molecule has 7 nitrogen and oxygen atoms in total. The number of halogens is 6. The zero-order valence-electron chi connectivity index (χ0n) is 20.6. The Bertz CT molecular complexity index is 1190. The Hall–Kier alpha value is -3.66. The number of nitrogens with zero attached hydrogens (tertiary/aromatic N) is 2. The van der Waals surface area contributed by atoms with Crippen molar-refractivity contribution in [2.75, 3.05) is 18.1 Å². The van der Waals surface area contributed by atoms with Crippen molar-refractivity contribution in [3.63, 3.8) is 0 Å². The Morgan fingerprint density at radius 3 is 2.26 bits per heavy atom. The first-order valence-corrected chi connectivity index (χ1v) is 11.3. The van der Waals surface area contributed by atoms with E-state index in [9.17, 15) is 31.1 Å². The topological polar surface area (TPSA) is 97.8 Å². The number of amides is 1. The highest BCUT2D eigenvalue weighted by Gasteiger charge is 2.51. The molecule has 1 heterocycles. The second-order valence-corrected chi connectivity index (χ2v) is 9.71. The standard InChI is InChI=1S/C25H25F6N3O4/c1-23(2,3)20(38-22(33)35)14-5-8-17(9-6-14)36-13-18-12-34(21(37-18)25(29,30)31)16-7-4-15(11-32)19(10-16)24(26,27)28/h4-10,18,20-21H,12-13H2,1-3H3,(H2,33,35). The van der Waals surface area contributed by atoms with Crippen molar-refractivity contribution < 1.29 is 45.3 Å². The number of nitrogens with two attached hydrogens (primary N) is 1. The summed E-state index contributed by atoms with van der Waals surface area (Å²) in [5.74, 6) is 0.281. The third-order valence-electron chi connectivity index (χ3n) is 5.68. The maximum atomic E-state index is 13.7. The highest BCUT2D eigenvalue weighted by Crippen LogP contribution is 2.40. The van der Waals surface area contributed by atoms with Crippen LogP contribution in [-0.4, -0.2) is 37.8 Å². The summed E-state index contributed by atoms with van der Waals surface area (Å²) in [6.07, 6.45) is -15.1. The van der Waals surface area contributed by atoms with Crippen LogP contribution in [0.1, 0.15) is 43.6 Å². The van der Waals surface area contributed by atoms with Gasteiger partial charge >= 0.3 is 18.4 Å². The normalized spacial score (nSPS) is 19.1. The van der Waals surface area contributed by atoms with Crippen LogP contribution in [-0.2, 0) is 15.7 Å². The van der Waals surface area contributed by atoms with Crippen molar-refractivity contribution in [2.45, 2.75) is 51.6 Å². The summed E-state index contributed by atoms with van der Waals surface area (Å²) >= 11 is 0. The molecular formula is C25H25F6N3O4. The van der Waals surface area contributed by atoms with Gasteiger partial charge in [-0.1, -0.05) is 32.9 Å². The lowest BCUT2D eigenvalue weighted by Gasteiger charge is -2.30. The molecule has 2 N–H and O–H groups in total. The molecule has 3 atom stereocenters. The minimum absolute atomic E-state index is 0.281. The minimum atomic E-state index is -4.93. The summed E-state index contributed by atoms with van der Waals surface area (Å²) in [5, 5.41) is 8.95. The lowest BCUT2D eigenvalue weighted by Crippen LogP contribution is -2.42. The molecule has 2 aromatic carbocycles. The largest absolute Gasteiger partial charge is 0.491 e. The molecule has 1 aliphatic heterocycles. The van der Waals surface area contributed by atoms with Crippen molar-refractivity contribution in [3.05, 3.63) is 59.2 Å². The van der Waals surface area contributed by atoms with Crippen molar-refractivity contribution in [1.82, 2.24) is 0 Å². The van der Waals surface area contributed by atoms with Crippen molar-refractivity contribution in [3.8, 4) is 11.8 Å². The smallest absolute Gasteiger partial charge is 0.433 e. The Morgan fingerprint density at radius 2 is 1.76 bits per heavy atom. The number of anilines is 1. The molecule has 2 aromatic rings. The lowest BCUT2D eigenvalue weighted by atomic mass is 9.84. The molecule has 0 radical (unpaired) electrons. The maximum absolute atomic E-state index is 13.7. The third kappa shape index (κ3) is 6.80. The van der Waals surface area contributed by atoms with E-state index < -0.39 is 65.7 Å². The van der Waals surface area contributed by atoms with E-state index >= 15 is 0 Å². The van der Waals surface area contributed by atoms with E-state index in [1.54, 1.807) is 12.1 Å². The molecule has 13 heteroatoms. The van der Waals surface area contributed by atoms with Crippen LogP contribution in [0.2, 0.25) is 0 Å². The van der Waals surface area contributed by atoms with Crippen LogP contribution < -0.4 is 15.4 Å². The molecule has 1 aliphatic rings. The molecule has 0 spiro atoms. The number of hydrogen-bond acceptors (Lipinski definition) is 6. The predicted octanol–water partition coefficient (Wildman–Crippen LogP) is 5.93. The van der Waals surface area contributed by atoms with Gasteiger partial charge in [0.25, 0.3) is 0 Å². The van der Waals surface area contributed by atoms with E-state index in [0.29, 0.717) is 16.5 Å². The number of alkyl halides is 6. The van der Waals surface area contributed by atoms with Gasteiger partial charge in [0.1, 0.15) is 24.6 Å². The third-order valence-corrected chi connectivity index (χ3v) is 5.68. The number of benzene rings is 2. The second-order valence-electron chi connectivity index (χ2n) is 9.71. The number of carbonyl (C=O) groups excluding carboxylic acids is 1. The SMILES string of the molecule is CC(C)(C)C(OC(N)=O)c1ccc(OCC2CN(c3ccc(C#N)c(C(F)(F)F)c3)C(C(F)(F)F)O2)cc1. The second kappa shape index (κ2) is 10.6. The highest BCUT2D eigenvalue weighted by molar-refractivity contribution is 5.65. The molecule has 0 bridgehead atoms. The quantitative estimate of drug-likeness (QED) is 0.452. The van der Waals surface area contributed by atoms with E-state index in [-0.39, 0.29) is 12.4 Å². The molecule has 3 unspecified atom stereocenters. The number of rotatable bonds is 6. The number of nitriles is 1. The molecule has 1 amide bonds.